The lowest BCUT2D eigenvalue weighted by Crippen LogP contribution is -2.48. The third kappa shape index (κ3) is 2.92. The van der Waals surface area contributed by atoms with E-state index < -0.39 is 12.0 Å². The van der Waals surface area contributed by atoms with Crippen LogP contribution in [0.2, 0.25) is 0 Å². The van der Waals surface area contributed by atoms with Gasteiger partial charge in [-0.3, -0.25) is 14.5 Å². The molecule has 5 heteroatoms. The Balaban J connectivity index is 2.49. The summed E-state index contributed by atoms with van der Waals surface area (Å²) in [5.74, 6) is -1.16. The Hall–Kier alpha value is -1.10. The second-order valence-corrected chi connectivity index (χ2v) is 3.86. The summed E-state index contributed by atoms with van der Waals surface area (Å²) in [5, 5.41) is 11.2. The molecule has 1 rings (SSSR count). The van der Waals surface area contributed by atoms with Gasteiger partial charge in [0.15, 0.2) is 0 Å². The van der Waals surface area contributed by atoms with E-state index in [1.807, 2.05) is 6.92 Å². The number of amides is 1. The van der Waals surface area contributed by atoms with Crippen molar-refractivity contribution in [1.82, 2.24) is 10.2 Å². The number of hydrogen-bond donors (Lipinski definition) is 2. The topological polar surface area (TPSA) is 69.6 Å². The minimum atomic E-state index is -0.996. The molecule has 0 aromatic carbocycles. The number of nitrogens with zero attached hydrogens (tertiary/aromatic N) is 1. The van der Waals surface area contributed by atoms with Crippen molar-refractivity contribution in [2.75, 3.05) is 13.1 Å². The van der Waals surface area contributed by atoms with E-state index in [1.54, 1.807) is 0 Å². The SMILES string of the molecule is CCN1CCC[C@H]1C(=O)N[C@@H](C)C(=O)O. The van der Waals surface area contributed by atoms with E-state index in [1.165, 1.54) is 6.92 Å². The summed E-state index contributed by atoms with van der Waals surface area (Å²) in [6.07, 6.45) is 1.83. The van der Waals surface area contributed by atoms with Gasteiger partial charge in [0.1, 0.15) is 6.04 Å². The molecule has 15 heavy (non-hydrogen) atoms. The molecule has 1 heterocycles. The molecule has 0 aromatic rings. The number of rotatable bonds is 4. The molecule has 2 N–H and O–H groups in total. The Kier molecular flexibility index (Phi) is 4.08. The van der Waals surface area contributed by atoms with Gasteiger partial charge in [-0.05, 0) is 32.9 Å². The van der Waals surface area contributed by atoms with Crippen molar-refractivity contribution in [3.63, 3.8) is 0 Å². The maximum absolute atomic E-state index is 11.7. The molecule has 86 valence electrons. The van der Waals surface area contributed by atoms with Crippen LogP contribution in [0.3, 0.4) is 0 Å². The first-order valence-electron chi connectivity index (χ1n) is 5.33. The average molecular weight is 214 g/mol. The lowest BCUT2D eigenvalue weighted by molar-refractivity contribution is -0.142. The largest absolute Gasteiger partial charge is 0.480 e. The number of carbonyl (C=O) groups is 2. The number of likely N-dealkylation sites (N-methyl/N-ethyl adjacent to an activating group) is 1. The van der Waals surface area contributed by atoms with E-state index in [4.69, 9.17) is 5.11 Å². The van der Waals surface area contributed by atoms with Crippen LogP contribution in [0.25, 0.3) is 0 Å². The first-order chi connectivity index (χ1) is 7.06. The Morgan fingerprint density at radius 2 is 2.27 bits per heavy atom. The third-order valence-electron chi connectivity index (χ3n) is 2.80. The Morgan fingerprint density at radius 3 is 2.80 bits per heavy atom. The van der Waals surface area contributed by atoms with Gasteiger partial charge in [0.25, 0.3) is 0 Å². The third-order valence-corrected chi connectivity index (χ3v) is 2.80. The van der Waals surface area contributed by atoms with Crippen LogP contribution in [0, 0.1) is 0 Å². The summed E-state index contributed by atoms with van der Waals surface area (Å²) in [4.78, 5) is 24.4. The van der Waals surface area contributed by atoms with Crippen LogP contribution in [0.1, 0.15) is 26.7 Å². The van der Waals surface area contributed by atoms with Gasteiger partial charge in [-0.15, -0.1) is 0 Å². The van der Waals surface area contributed by atoms with Crippen molar-refractivity contribution in [1.29, 1.82) is 0 Å². The van der Waals surface area contributed by atoms with E-state index in [0.717, 1.165) is 25.9 Å². The zero-order chi connectivity index (χ0) is 11.4. The van der Waals surface area contributed by atoms with Crippen molar-refractivity contribution in [3.05, 3.63) is 0 Å². The first-order valence-corrected chi connectivity index (χ1v) is 5.33. The van der Waals surface area contributed by atoms with Gasteiger partial charge in [0.2, 0.25) is 5.91 Å². The summed E-state index contributed by atoms with van der Waals surface area (Å²) in [6.45, 7) is 5.24. The molecule has 1 amide bonds. The zero-order valence-electron chi connectivity index (χ0n) is 9.19. The molecule has 1 fully saturated rings. The second-order valence-electron chi connectivity index (χ2n) is 3.86. The fraction of sp³-hybridized carbons (Fsp3) is 0.800. The quantitative estimate of drug-likeness (QED) is 0.694. The van der Waals surface area contributed by atoms with E-state index >= 15 is 0 Å². The normalized spacial score (nSPS) is 23.7. The predicted molar refractivity (Wildman–Crippen MR) is 55.5 cm³/mol. The van der Waals surface area contributed by atoms with Gasteiger partial charge in [-0.2, -0.15) is 0 Å². The average Bonchev–Trinajstić information content (AvgIpc) is 2.64. The molecule has 1 saturated heterocycles. The van der Waals surface area contributed by atoms with Crippen molar-refractivity contribution < 1.29 is 14.7 Å². The summed E-state index contributed by atoms with van der Waals surface area (Å²) in [5.41, 5.74) is 0. The first kappa shape index (κ1) is 12.0. The maximum atomic E-state index is 11.7. The predicted octanol–water partition coefficient (Wildman–Crippen LogP) is 0.0600. The lowest BCUT2D eigenvalue weighted by Gasteiger charge is -2.22. The van der Waals surface area contributed by atoms with Crippen LogP contribution in [0.15, 0.2) is 0 Å². The fourth-order valence-corrected chi connectivity index (χ4v) is 1.87. The number of likely N-dealkylation sites (tertiary alicyclic amines) is 1. The molecule has 5 nitrogen and oxygen atoms in total. The second kappa shape index (κ2) is 5.11. The number of hydrogen-bond acceptors (Lipinski definition) is 3. The summed E-state index contributed by atoms with van der Waals surface area (Å²) >= 11 is 0. The summed E-state index contributed by atoms with van der Waals surface area (Å²) in [7, 11) is 0. The van der Waals surface area contributed by atoms with Crippen LogP contribution in [-0.4, -0.2) is 47.1 Å². The van der Waals surface area contributed by atoms with Gasteiger partial charge < -0.3 is 10.4 Å². The van der Waals surface area contributed by atoms with Crippen molar-refractivity contribution in [3.8, 4) is 0 Å². The Morgan fingerprint density at radius 1 is 1.60 bits per heavy atom. The minimum Gasteiger partial charge on any atom is -0.480 e. The molecule has 0 saturated carbocycles. The monoisotopic (exact) mass is 214 g/mol. The van der Waals surface area contributed by atoms with Gasteiger partial charge >= 0.3 is 5.97 Å². The lowest BCUT2D eigenvalue weighted by atomic mass is 10.2. The fourth-order valence-electron chi connectivity index (χ4n) is 1.87. The minimum absolute atomic E-state index is 0.142. The molecule has 0 bridgehead atoms. The number of aliphatic carboxylic acids is 1. The van der Waals surface area contributed by atoms with Crippen molar-refractivity contribution in [2.24, 2.45) is 0 Å². The van der Waals surface area contributed by atoms with E-state index in [0.29, 0.717) is 0 Å². The highest BCUT2D eigenvalue weighted by Crippen LogP contribution is 2.16. The molecule has 0 aliphatic carbocycles. The molecule has 0 aromatic heterocycles. The molecule has 0 spiro atoms. The van der Waals surface area contributed by atoms with Gasteiger partial charge in [0.05, 0.1) is 6.04 Å². The molecule has 2 atom stereocenters. The maximum Gasteiger partial charge on any atom is 0.325 e. The van der Waals surface area contributed by atoms with Crippen molar-refractivity contribution >= 4 is 11.9 Å². The zero-order valence-corrected chi connectivity index (χ0v) is 9.19. The number of carbonyl (C=O) groups excluding carboxylic acids is 1. The summed E-state index contributed by atoms with van der Waals surface area (Å²) < 4.78 is 0. The standard InChI is InChI=1S/C10H18N2O3/c1-3-12-6-4-5-8(12)9(13)11-7(2)10(14)15/h7-8H,3-6H2,1-2H3,(H,11,13)(H,14,15)/t7-,8-/m0/s1. The highest BCUT2D eigenvalue weighted by Gasteiger charge is 2.30. The van der Waals surface area contributed by atoms with Crippen LogP contribution in [-0.2, 0) is 9.59 Å². The highest BCUT2D eigenvalue weighted by atomic mass is 16.4. The number of carboxylic acid groups (broad SMARTS) is 1. The van der Waals surface area contributed by atoms with Crippen molar-refractivity contribution in [2.45, 2.75) is 38.8 Å². The molecule has 0 unspecified atom stereocenters. The van der Waals surface area contributed by atoms with Gasteiger partial charge in [-0.25, -0.2) is 0 Å². The molecule has 1 aliphatic heterocycles. The van der Waals surface area contributed by atoms with E-state index in [-0.39, 0.29) is 11.9 Å². The summed E-state index contributed by atoms with van der Waals surface area (Å²) in [6, 6.07) is -0.950. The van der Waals surface area contributed by atoms with Crippen LogP contribution < -0.4 is 5.32 Å². The molecule has 1 aliphatic rings. The molecular weight excluding hydrogens is 196 g/mol. The molecule has 0 radical (unpaired) electrons. The Labute approximate surface area is 89.4 Å². The highest BCUT2D eigenvalue weighted by molar-refractivity contribution is 5.86. The molecular formula is C10H18N2O3. The van der Waals surface area contributed by atoms with Crippen LogP contribution >= 0.6 is 0 Å². The number of nitrogens with one attached hydrogen (secondary N) is 1. The van der Waals surface area contributed by atoms with E-state index in [2.05, 4.69) is 10.2 Å². The van der Waals surface area contributed by atoms with Crippen LogP contribution in [0.4, 0.5) is 0 Å². The van der Waals surface area contributed by atoms with Gasteiger partial charge in [-0.1, -0.05) is 6.92 Å². The Bertz CT molecular complexity index is 255. The van der Waals surface area contributed by atoms with Gasteiger partial charge in [0, 0.05) is 0 Å². The van der Waals surface area contributed by atoms with Crippen LogP contribution in [0.5, 0.6) is 0 Å². The number of carboxylic acids is 1. The van der Waals surface area contributed by atoms with E-state index in [9.17, 15) is 9.59 Å². The smallest absolute Gasteiger partial charge is 0.325 e.